The average molecular weight is 1410 g/mol. The fourth-order valence-electron chi connectivity index (χ4n) is 11.9. The van der Waals surface area contributed by atoms with Crippen LogP contribution in [0.2, 0.25) is 0 Å². The summed E-state index contributed by atoms with van der Waals surface area (Å²) in [5.41, 5.74) is 0. The summed E-state index contributed by atoms with van der Waals surface area (Å²) < 4.78 is 68.5. The number of carbonyl (C=O) groups excluding carboxylic acids is 4. The highest BCUT2D eigenvalue weighted by atomic mass is 31.2. The van der Waals surface area contributed by atoms with Crippen LogP contribution < -0.4 is 0 Å². The van der Waals surface area contributed by atoms with Crippen LogP contribution in [0.15, 0.2) is 0 Å². The molecule has 0 aliphatic heterocycles. The Labute approximate surface area is 588 Å². The van der Waals surface area contributed by atoms with Crippen LogP contribution in [0.1, 0.15) is 407 Å². The molecule has 2 unspecified atom stereocenters. The Kier molecular flexibility index (Phi) is 68.7. The maximum Gasteiger partial charge on any atom is 0.472 e. The first-order valence-corrected chi connectivity index (χ1v) is 43.1. The quantitative estimate of drug-likeness (QED) is 0.0222. The Morgan fingerprint density at radius 3 is 0.708 bits per heavy atom. The van der Waals surface area contributed by atoms with Crippen LogP contribution in [-0.4, -0.2) is 96.7 Å². The Morgan fingerprint density at radius 1 is 0.281 bits per heavy atom. The number of ether oxygens (including phenoxy) is 4. The summed E-state index contributed by atoms with van der Waals surface area (Å²) in [6.07, 6.45) is 59.8. The second-order valence-electron chi connectivity index (χ2n) is 28.2. The van der Waals surface area contributed by atoms with Crippen LogP contribution in [0.5, 0.6) is 0 Å². The van der Waals surface area contributed by atoms with Crippen molar-refractivity contribution in [2.45, 2.75) is 425 Å². The van der Waals surface area contributed by atoms with E-state index in [4.69, 9.17) is 37.0 Å². The third kappa shape index (κ3) is 70.5. The number of carbonyl (C=O) groups is 4. The first-order valence-electron chi connectivity index (χ1n) is 40.1. The van der Waals surface area contributed by atoms with Gasteiger partial charge in [0, 0.05) is 25.7 Å². The van der Waals surface area contributed by atoms with Gasteiger partial charge in [0.1, 0.15) is 19.3 Å². The van der Waals surface area contributed by atoms with Crippen molar-refractivity contribution < 1.29 is 80.2 Å². The molecule has 0 heterocycles. The standard InChI is InChI=1S/C77H150O17P2/c1-6-9-12-15-18-21-24-27-29-30-31-32-34-37-40-43-46-53-58-63-76(81)93-72(66-87-74(79)60-55-50-44-41-38-36-33-28-25-22-19-16-13-10-7-2)68-91-95(83,84)89-64-71(78)65-90-96(85,86)92-69-73(67-88-75(80)61-56-51-48-47-49-54-59-70(4)5)94-77(82)62-57-52-45-42-39-35-26-23-20-17-14-11-8-3/h70-73,78H,6-69H2,1-5H3,(H,83,84)(H,85,86)/t71-,72-,73-/m1/s1. The minimum atomic E-state index is -4.96. The van der Waals surface area contributed by atoms with Gasteiger partial charge in [-0.15, -0.1) is 0 Å². The molecule has 0 saturated carbocycles. The molecule has 19 heteroatoms. The normalized spacial score (nSPS) is 13.9. The number of unbranched alkanes of at least 4 members (excludes halogenated alkanes) is 49. The van der Waals surface area contributed by atoms with E-state index in [9.17, 15) is 43.2 Å². The highest BCUT2D eigenvalue weighted by Gasteiger charge is 2.30. The Hall–Kier alpha value is -1.94. The summed E-state index contributed by atoms with van der Waals surface area (Å²) in [5, 5.41) is 10.6. The van der Waals surface area contributed by atoms with E-state index in [0.29, 0.717) is 31.6 Å². The highest BCUT2D eigenvalue weighted by molar-refractivity contribution is 7.47. The van der Waals surface area contributed by atoms with Crippen molar-refractivity contribution in [2.75, 3.05) is 39.6 Å². The molecule has 5 atom stereocenters. The van der Waals surface area contributed by atoms with Crippen molar-refractivity contribution in [3.05, 3.63) is 0 Å². The van der Waals surface area contributed by atoms with E-state index in [1.54, 1.807) is 0 Å². The van der Waals surface area contributed by atoms with Gasteiger partial charge in [0.15, 0.2) is 12.2 Å². The first kappa shape index (κ1) is 94.1. The lowest BCUT2D eigenvalue weighted by Crippen LogP contribution is -2.30. The summed E-state index contributed by atoms with van der Waals surface area (Å²) in [6.45, 7) is 7.22. The average Bonchev–Trinajstić information content (AvgIpc) is 1.27. The van der Waals surface area contributed by atoms with Crippen LogP contribution in [0.25, 0.3) is 0 Å². The molecule has 3 N–H and O–H groups in total. The minimum absolute atomic E-state index is 0.107. The molecule has 96 heavy (non-hydrogen) atoms. The zero-order valence-corrected chi connectivity index (χ0v) is 64.3. The fourth-order valence-corrected chi connectivity index (χ4v) is 13.5. The zero-order valence-electron chi connectivity index (χ0n) is 62.5. The number of phosphoric ester groups is 2. The number of esters is 4. The van der Waals surface area contributed by atoms with Crippen molar-refractivity contribution in [3.8, 4) is 0 Å². The molecular formula is C77H150O17P2. The molecule has 17 nitrogen and oxygen atoms in total. The van der Waals surface area contributed by atoms with Crippen molar-refractivity contribution in [3.63, 3.8) is 0 Å². The molecule has 0 aliphatic rings. The zero-order chi connectivity index (χ0) is 70.5. The number of aliphatic hydroxyl groups is 1. The molecule has 0 spiro atoms. The smallest absolute Gasteiger partial charge is 0.462 e. The van der Waals surface area contributed by atoms with Gasteiger partial charge in [-0.3, -0.25) is 37.3 Å². The van der Waals surface area contributed by atoms with Gasteiger partial charge in [-0.25, -0.2) is 9.13 Å². The summed E-state index contributed by atoms with van der Waals surface area (Å²) in [7, 11) is -9.91. The van der Waals surface area contributed by atoms with Crippen molar-refractivity contribution in [1.29, 1.82) is 0 Å². The van der Waals surface area contributed by atoms with Crippen LogP contribution in [0.3, 0.4) is 0 Å². The molecule has 0 aromatic rings. The summed E-state index contributed by atoms with van der Waals surface area (Å²) in [5.74, 6) is -1.43. The van der Waals surface area contributed by atoms with E-state index in [-0.39, 0.29) is 25.7 Å². The van der Waals surface area contributed by atoms with Gasteiger partial charge >= 0.3 is 39.5 Å². The van der Waals surface area contributed by atoms with Crippen LogP contribution in [0.4, 0.5) is 0 Å². The number of hydrogen-bond donors (Lipinski definition) is 3. The van der Waals surface area contributed by atoms with Crippen molar-refractivity contribution in [2.24, 2.45) is 5.92 Å². The molecule has 0 rings (SSSR count). The largest absolute Gasteiger partial charge is 0.472 e. The Bertz CT molecular complexity index is 1840. The molecule has 570 valence electrons. The Balaban J connectivity index is 5.22. The lowest BCUT2D eigenvalue weighted by molar-refractivity contribution is -0.161. The number of hydrogen-bond acceptors (Lipinski definition) is 15. The van der Waals surface area contributed by atoms with E-state index in [1.807, 2.05) is 0 Å². The van der Waals surface area contributed by atoms with Gasteiger partial charge in [0.05, 0.1) is 26.4 Å². The van der Waals surface area contributed by atoms with Gasteiger partial charge in [0.2, 0.25) is 0 Å². The molecular weight excluding hydrogens is 1260 g/mol. The predicted molar refractivity (Wildman–Crippen MR) is 391 cm³/mol. The molecule has 0 amide bonds. The monoisotopic (exact) mass is 1410 g/mol. The molecule has 0 aliphatic carbocycles. The Morgan fingerprint density at radius 2 is 0.479 bits per heavy atom. The van der Waals surface area contributed by atoms with Gasteiger partial charge in [-0.05, 0) is 31.6 Å². The van der Waals surface area contributed by atoms with Crippen LogP contribution in [-0.2, 0) is 65.4 Å². The maximum atomic E-state index is 13.1. The molecule has 0 fully saturated rings. The summed E-state index contributed by atoms with van der Waals surface area (Å²) >= 11 is 0. The van der Waals surface area contributed by atoms with E-state index in [1.165, 1.54) is 225 Å². The fraction of sp³-hybridized carbons (Fsp3) is 0.948. The molecule has 0 aromatic heterocycles. The number of phosphoric acid groups is 2. The van der Waals surface area contributed by atoms with Gasteiger partial charge in [0.25, 0.3) is 0 Å². The summed E-state index contributed by atoms with van der Waals surface area (Å²) in [4.78, 5) is 72.8. The third-order valence-corrected chi connectivity index (χ3v) is 19.9. The maximum absolute atomic E-state index is 13.1. The lowest BCUT2D eigenvalue weighted by Gasteiger charge is -2.21. The van der Waals surface area contributed by atoms with E-state index < -0.39 is 97.5 Å². The van der Waals surface area contributed by atoms with E-state index >= 15 is 0 Å². The molecule has 0 saturated heterocycles. The molecule has 0 bridgehead atoms. The third-order valence-electron chi connectivity index (χ3n) is 18.0. The molecule has 0 aromatic carbocycles. The summed E-state index contributed by atoms with van der Waals surface area (Å²) in [6, 6.07) is 0. The number of aliphatic hydroxyl groups excluding tert-OH is 1. The van der Waals surface area contributed by atoms with Crippen LogP contribution >= 0.6 is 15.6 Å². The van der Waals surface area contributed by atoms with Crippen LogP contribution in [0, 0.1) is 5.92 Å². The predicted octanol–water partition coefficient (Wildman–Crippen LogP) is 22.9. The second-order valence-corrected chi connectivity index (χ2v) is 31.1. The number of rotatable bonds is 77. The van der Waals surface area contributed by atoms with E-state index in [2.05, 4.69) is 34.6 Å². The van der Waals surface area contributed by atoms with Crippen molar-refractivity contribution in [1.82, 2.24) is 0 Å². The second kappa shape index (κ2) is 70.1. The minimum Gasteiger partial charge on any atom is -0.462 e. The SMILES string of the molecule is CCCCCCCCCCCCCCCCCCCCCC(=O)O[C@H](COC(=O)CCCCCCCCCCCCCCCCC)COP(=O)(O)OC[C@@H](O)COP(=O)(O)OC[C@@H](COC(=O)CCCCCCCCC(C)C)OC(=O)CCCCCCCCCCCCCCC. The van der Waals surface area contributed by atoms with Gasteiger partial charge in [-0.1, -0.05) is 356 Å². The first-order chi connectivity index (χ1) is 46.5. The topological polar surface area (TPSA) is 237 Å². The highest BCUT2D eigenvalue weighted by Crippen LogP contribution is 2.45. The lowest BCUT2D eigenvalue weighted by atomic mass is 10.0. The van der Waals surface area contributed by atoms with Gasteiger partial charge < -0.3 is 33.8 Å². The van der Waals surface area contributed by atoms with E-state index in [0.717, 1.165) is 96.3 Å². The van der Waals surface area contributed by atoms with Crippen molar-refractivity contribution >= 4 is 39.5 Å². The molecule has 0 radical (unpaired) electrons. The van der Waals surface area contributed by atoms with Gasteiger partial charge in [-0.2, -0.15) is 0 Å².